The van der Waals surface area contributed by atoms with E-state index in [1.165, 1.54) is 0 Å². The van der Waals surface area contributed by atoms with Crippen LogP contribution in [-0.2, 0) is 17.1 Å². The molecule has 0 saturated carbocycles. The number of alkyl halides is 1. The molecule has 2 aromatic rings. The Kier molecular flexibility index (Phi) is 6.54. The number of carbonyl (C=O) groups excluding carboxylic acids is 2. The zero-order chi connectivity index (χ0) is 18.6. The summed E-state index contributed by atoms with van der Waals surface area (Å²) in [6.45, 7) is 0. The van der Waals surface area contributed by atoms with Gasteiger partial charge in [-0.3, -0.25) is 14.2 Å². The van der Waals surface area contributed by atoms with E-state index in [0.29, 0.717) is 0 Å². The highest BCUT2D eigenvalue weighted by atomic mass is 35.5. The molecule has 0 spiro atoms. The van der Waals surface area contributed by atoms with Crippen molar-refractivity contribution in [1.29, 1.82) is 0 Å². The molecule has 9 heteroatoms. The maximum atomic E-state index is 12.5. The van der Waals surface area contributed by atoms with Crippen molar-refractivity contribution in [3.05, 3.63) is 51.2 Å². The van der Waals surface area contributed by atoms with Gasteiger partial charge in [0.05, 0.1) is 11.0 Å². The Morgan fingerprint density at radius 3 is 2.28 bits per heavy atom. The molecule has 0 fully saturated rings. The maximum absolute atomic E-state index is 12.5. The van der Waals surface area contributed by atoms with Crippen molar-refractivity contribution >= 4 is 42.1 Å². The SMILES string of the molecule is O=C(Cc1ccccc1)c1sc(C(=O)CCCl)c(CP(=O)(O)O)c1O. The van der Waals surface area contributed by atoms with E-state index < -0.39 is 31.1 Å². The Morgan fingerprint density at radius 1 is 1.08 bits per heavy atom. The highest BCUT2D eigenvalue weighted by Gasteiger charge is 2.29. The van der Waals surface area contributed by atoms with Gasteiger partial charge in [0.2, 0.25) is 0 Å². The molecule has 0 aliphatic carbocycles. The number of hydrogen-bond donors (Lipinski definition) is 3. The first-order valence-corrected chi connectivity index (χ1v) is 10.4. The zero-order valence-corrected chi connectivity index (χ0v) is 15.5. The normalized spacial score (nSPS) is 11.5. The molecule has 0 unspecified atom stereocenters. The van der Waals surface area contributed by atoms with E-state index in [9.17, 15) is 29.0 Å². The number of halogens is 1. The second-order valence-corrected chi connectivity index (χ2v) is 8.40. The summed E-state index contributed by atoms with van der Waals surface area (Å²) in [5.74, 6) is -1.39. The lowest BCUT2D eigenvalue weighted by Crippen LogP contribution is -2.01. The van der Waals surface area contributed by atoms with Gasteiger partial charge in [-0.05, 0) is 5.56 Å². The van der Waals surface area contributed by atoms with Gasteiger partial charge in [-0.2, -0.15) is 0 Å². The molecule has 6 nitrogen and oxygen atoms in total. The van der Waals surface area contributed by atoms with Crippen molar-refractivity contribution in [1.82, 2.24) is 0 Å². The fraction of sp³-hybridized carbons (Fsp3) is 0.250. The van der Waals surface area contributed by atoms with Gasteiger partial charge < -0.3 is 14.9 Å². The van der Waals surface area contributed by atoms with E-state index in [1.807, 2.05) is 0 Å². The fourth-order valence-electron chi connectivity index (χ4n) is 2.28. The van der Waals surface area contributed by atoms with E-state index in [-0.39, 0.29) is 34.0 Å². The molecule has 134 valence electrons. The number of Topliss-reactive ketones (excluding diaryl/α,β-unsaturated/α-hetero) is 2. The molecule has 0 aliphatic heterocycles. The highest BCUT2D eigenvalue weighted by Crippen LogP contribution is 2.46. The van der Waals surface area contributed by atoms with Crippen LogP contribution in [0, 0.1) is 0 Å². The maximum Gasteiger partial charge on any atom is 0.330 e. The van der Waals surface area contributed by atoms with Gasteiger partial charge in [-0.25, -0.2) is 0 Å². The summed E-state index contributed by atoms with van der Waals surface area (Å²) in [5.41, 5.74) is 0.537. The molecule has 0 aliphatic rings. The summed E-state index contributed by atoms with van der Waals surface area (Å²) in [5, 5.41) is 10.3. The Hall–Kier alpha value is -1.50. The zero-order valence-electron chi connectivity index (χ0n) is 13.0. The van der Waals surface area contributed by atoms with Crippen molar-refractivity contribution in [2.24, 2.45) is 0 Å². The van der Waals surface area contributed by atoms with Gasteiger partial charge in [-0.1, -0.05) is 30.3 Å². The number of aromatic hydroxyl groups is 1. The van der Waals surface area contributed by atoms with Crippen LogP contribution in [0.1, 0.15) is 36.9 Å². The number of hydrogen-bond acceptors (Lipinski definition) is 5. The summed E-state index contributed by atoms with van der Waals surface area (Å²) in [7, 11) is -4.53. The quantitative estimate of drug-likeness (QED) is 0.354. The molecule has 1 aromatic heterocycles. The topological polar surface area (TPSA) is 112 Å². The van der Waals surface area contributed by atoms with E-state index in [0.717, 1.165) is 16.9 Å². The van der Waals surface area contributed by atoms with Crippen molar-refractivity contribution < 1.29 is 29.0 Å². The minimum atomic E-state index is -4.53. The Morgan fingerprint density at radius 2 is 1.72 bits per heavy atom. The Bertz CT molecular complexity index is 827. The largest absolute Gasteiger partial charge is 0.506 e. The molecule has 1 aromatic carbocycles. The van der Waals surface area contributed by atoms with Gasteiger partial charge in [0.25, 0.3) is 0 Å². The average molecular weight is 403 g/mol. The van der Waals surface area contributed by atoms with Crippen LogP contribution in [0.3, 0.4) is 0 Å². The summed E-state index contributed by atoms with van der Waals surface area (Å²) in [6.07, 6.45) is -0.854. The molecule has 0 radical (unpaired) electrons. The molecule has 3 N–H and O–H groups in total. The number of thiophene rings is 1. The van der Waals surface area contributed by atoms with Gasteiger partial charge in [0.1, 0.15) is 10.6 Å². The summed E-state index contributed by atoms with van der Waals surface area (Å²) in [6, 6.07) is 8.84. The highest BCUT2D eigenvalue weighted by molar-refractivity contribution is 7.50. The monoisotopic (exact) mass is 402 g/mol. The van der Waals surface area contributed by atoms with Gasteiger partial charge in [-0.15, -0.1) is 22.9 Å². The standard InChI is InChI=1S/C16H16ClO6PS/c17-7-6-12(18)15-11(9-24(21,22)23)14(20)16(25-15)13(19)8-10-4-2-1-3-5-10/h1-5,20H,6-9H2,(H2,21,22,23). The molecular formula is C16H16ClO6PS. The average Bonchev–Trinajstić information content (AvgIpc) is 2.84. The smallest absolute Gasteiger partial charge is 0.330 e. The fourth-order valence-corrected chi connectivity index (χ4v) is 4.40. The lowest BCUT2D eigenvalue weighted by Gasteiger charge is -2.05. The second-order valence-electron chi connectivity index (χ2n) is 5.36. The third-order valence-electron chi connectivity index (χ3n) is 3.38. The van der Waals surface area contributed by atoms with Crippen LogP contribution in [0.4, 0.5) is 0 Å². The third-order valence-corrected chi connectivity index (χ3v) is 5.60. The second kappa shape index (κ2) is 8.25. The molecule has 2 rings (SSSR count). The summed E-state index contributed by atoms with van der Waals surface area (Å²) < 4.78 is 11.3. The van der Waals surface area contributed by atoms with Crippen LogP contribution in [0.25, 0.3) is 0 Å². The minimum absolute atomic E-state index is 0.00734. The Labute approximate surface area is 153 Å². The number of benzene rings is 1. The molecular weight excluding hydrogens is 387 g/mol. The third kappa shape index (κ3) is 5.23. The van der Waals surface area contributed by atoms with E-state index in [2.05, 4.69) is 0 Å². The van der Waals surface area contributed by atoms with Crippen molar-refractivity contribution in [3.8, 4) is 5.75 Å². The summed E-state index contributed by atoms with van der Waals surface area (Å²) >= 11 is 6.30. The van der Waals surface area contributed by atoms with Crippen LogP contribution in [0.5, 0.6) is 5.75 Å². The van der Waals surface area contributed by atoms with Gasteiger partial charge in [0.15, 0.2) is 11.6 Å². The van der Waals surface area contributed by atoms with Crippen molar-refractivity contribution in [3.63, 3.8) is 0 Å². The van der Waals surface area contributed by atoms with Gasteiger partial charge in [0, 0.05) is 24.3 Å². The number of rotatable bonds is 8. The molecule has 25 heavy (non-hydrogen) atoms. The first-order chi connectivity index (χ1) is 11.7. The number of ketones is 2. The lowest BCUT2D eigenvalue weighted by atomic mass is 10.1. The van der Waals surface area contributed by atoms with Crippen LogP contribution >= 0.6 is 30.5 Å². The number of carbonyl (C=O) groups is 2. The molecule has 0 atom stereocenters. The van der Waals surface area contributed by atoms with Crippen LogP contribution in [0.15, 0.2) is 30.3 Å². The molecule has 1 heterocycles. The molecule has 0 amide bonds. The predicted octanol–water partition coefficient (Wildman–Crippen LogP) is 3.37. The summed E-state index contributed by atoms with van der Waals surface area (Å²) in [4.78, 5) is 42.9. The first-order valence-electron chi connectivity index (χ1n) is 7.28. The van der Waals surface area contributed by atoms with E-state index >= 15 is 0 Å². The van der Waals surface area contributed by atoms with Crippen molar-refractivity contribution in [2.45, 2.75) is 19.0 Å². The Balaban J connectivity index is 2.41. The van der Waals surface area contributed by atoms with Gasteiger partial charge >= 0.3 is 7.60 Å². The van der Waals surface area contributed by atoms with E-state index in [4.69, 9.17) is 11.6 Å². The van der Waals surface area contributed by atoms with Crippen LogP contribution in [0.2, 0.25) is 0 Å². The van der Waals surface area contributed by atoms with Crippen molar-refractivity contribution in [2.75, 3.05) is 5.88 Å². The molecule has 0 saturated heterocycles. The van der Waals surface area contributed by atoms with Crippen LogP contribution in [-0.4, -0.2) is 32.3 Å². The molecule has 0 bridgehead atoms. The van der Waals surface area contributed by atoms with E-state index in [1.54, 1.807) is 30.3 Å². The van der Waals surface area contributed by atoms with Crippen LogP contribution < -0.4 is 0 Å². The predicted molar refractivity (Wildman–Crippen MR) is 95.9 cm³/mol. The minimum Gasteiger partial charge on any atom is -0.506 e. The first kappa shape index (κ1) is 19.8. The lowest BCUT2D eigenvalue weighted by molar-refractivity contribution is 0.0985.